The van der Waals surface area contributed by atoms with Crippen LogP contribution in [0.3, 0.4) is 0 Å². The number of hydrogen-bond donors (Lipinski definition) is 0. The molecule has 1 aromatic heterocycles. The topological polar surface area (TPSA) is 36.4 Å². The number of likely N-dealkylation sites (tertiary alicyclic amines) is 1. The van der Waals surface area contributed by atoms with Crippen LogP contribution in [0.5, 0.6) is 0 Å². The van der Waals surface area contributed by atoms with Crippen molar-refractivity contribution in [3.05, 3.63) is 60.2 Å². The van der Waals surface area contributed by atoms with Crippen molar-refractivity contribution >= 4 is 11.6 Å². The molecule has 2 fully saturated rings. The van der Waals surface area contributed by atoms with Crippen LogP contribution in [0.4, 0.5) is 10.1 Å². The second kappa shape index (κ2) is 6.63. The van der Waals surface area contributed by atoms with Crippen molar-refractivity contribution in [1.82, 2.24) is 9.88 Å². The minimum absolute atomic E-state index is 0.137. The summed E-state index contributed by atoms with van der Waals surface area (Å²) in [5, 5.41) is 0. The first kappa shape index (κ1) is 18.0. The molecular weight excluding hydrogens is 341 g/mol. The molecule has 5 heteroatoms. The lowest BCUT2D eigenvalue weighted by atomic mass is 9.87. The van der Waals surface area contributed by atoms with Crippen LogP contribution >= 0.6 is 0 Å². The highest BCUT2D eigenvalue weighted by Crippen LogP contribution is 2.47. The average Bonchev–Trinajstić information content (AvgIpc) is 3.15. The van der Waals surface area contributed by atoms with Gasteiger partial charge in [-0.3, -0.25) is 9.78 Å². The molecule has 0 aliphatic carbocycles. The lowest BCUT2D eigenvalue weighted by Gasteiger charge is -2.35. The summed E-state index contributed by atoms with van der Waals surface area (Å²) in [7, 11) is 0. The van der Waals surface area contributed by atoms with Crippen LogP contribution in [0.1, 0.15) is 38.8 Å². The summed E-state index contributed by atoms with van der Waals surface area (Å²) in [5.74, 6) is -0.0816. The van der Waals surface area contributed by atoms with Gasteiger partial charge in [-0.1, -0.05) is 12.1 Å². The fourth-order valence-electron chi connectivity index (χ4n) is 4.98. The maximum atomic E-state index is 13.8. The molecule has 1 spiro atoms. The van der Waals surface area contributed by atoms with Gasteiger partial charge >= 0.3 is 0 Å². The molecule has 4 rings (SSSR count). The predicted octanol–water partition coefficient (Wildman–Crippen LogP) is 3.81. The Bertz CT molecular complexity index is 838. The van der Waals surface area contributed by atoms with E-state index < -0.39 is 0 Å². The quantitative estimate of drug-likeness (QED) is 0.828. The second-order valence-electron chi connectivity index (χ2n) is 8.43. The summed E-state index contributed by atoms with van der Waals surface area (Å²) >= 11 is 0. The molecule has 1 atom stereocenters. The number of anilines is 1. The van der Waals surface area contributed by atoms with E-state index in [0.29, 0.717) is 6.42 Å². The molecule has 1 amide bonds. The highest BCUT2D eigenvalue weighted by atomic mass is 19.1. The first-order valence-electron chi connectivity index (χ1n) is 9.63. The number of amides is 1. The Kier molecular flexibility index (Phi) is 4.41. The van der Waals surface area contributed by atoms with E-state index in [1.807, 2.05) is 24.3 Å². The highest BCUT2D eigenvalue weighted by Gasteiger charge is 2.54. The maximum Gasteiger partial charge on any atom is 0.229 e. The zero-order valence-corrected chi connectivity index (χ0v) is 16.0. The summed E-state index contributed by atoms with van der Waals surface area (Å²) in [4.78, 5) is 21.7. The minimum Gasteiger partial charge on any atom is -0.364 e. The normalized spacial score (nSPS) is 24.0. The average molecular weight is 367 g/mol. The van der Waals surface area contributed by atoms with E-state index in [2.05, 4.69) is 28.6 Å². The molecule has 142 valence electrons. The monoisotopic (exact) mass is 367 g/mol. The molecule has 2 saturated heterocycles. The number of hydrogen-bond acceptors (Lipinski definition) is 3. The molecular formula is C22H26FN3O. The molecule has 2 aliphatic heterocycles. The standard InChI is InChI=1S/C22H26FN3O/c1-21(2)15-22(16-26(21)19-9-5-7-17(23)13-19)10-6-12-25(22)20(27)14-18-8-3-4-11-24-18/h3-5,7-9,11,13H,6,10,12,14-16H2,1-2H3. The maximum absolute atomic E-state index is 13.8. The van der Waals surface area contributed by atoms with E-state index in [1.165, 1.54) is 6.07 Å². The fourth-order valence-corrected chi connectivity index (χ4v) is 4.98. The van der Waals surface area contributed by atoms with Gasteiger partial charge in [-0.15, -0.1) is 0 Å². The van der Waals surface area contributed by atoms with Crippen LogP contribution < -0.4 is 4.90 Å². The van der Waals surface area contributed by atoms with E-state index in [9.17, 15) is 9.18 Å². The molecule has 0 N–H and O–H groups in total. The number of pyridine rings is 1. The zero-order chi connectivity index (χ0) is 19.1. The number of rotatable bonds is 3. The van der Waals surface area contributed by atoms with Gasteiger partial charge in [0.05, 0.1) is 12.0 Å². The zero-order valence-electron chi connectivity index (χ0n) is 16.0. The Morgan fingerprint density at radius 2 is 2.07 bits per heavy atom. The van der Waals surface area contributed by atoms with Crippen LogP contribution in [0.2, 0.25) is 0 Å². The predicted molar refractivity (Wildman–Crippen MR) is 104 cm³/mol. The SMILES string of the molecule is CC1(C)CC2(CCCN2C(=O)Cc2ccccn2)CN1c1cccc(F)c1. The van der Waals surface area contributed by atoms with Crippen LogP contribution in [0, 0.1) is 5.82 Å². The van der Waals surface area contributed by atoms with Gasteiger partial charge in [-0.2, -0.15) is 0 Å². The van der Waals surface area contributed by atoms with Gasteiger partial charge in [0.25, 0.3) is 0 Å². The molecule has 0 saturated carbocycles. The smallest absolute Gasteiger partial charge is 0.229 e. The van der Waals surface area contributed by atoms with Crippen molar-refractivity contribution in [3.63, 3.8) is 0 Å². The third-order valence-corrected chi connectivity index (χ3v) is 6.02. The summed E-state index contributed by atoms with van der Waals surface area (Å²) < 4.78 is 13.8. The van der Waals surface area contributed by atoms with Gasteiger partial charge in [-0.25, -0.2) is 4.39 Å². The number of halogens is 1. The second-order valence-corrected chi connectivity index (χ2v) is 8.43. The molecule has 1 unspecified atom stereocenters. The number of benzene rings is 1. The first-order valence-corrected chi connectivity index (χ1v) is 9.63. The molecule has 4 nitrogen and oxygen atoms in total. The van der Waals surface area contributed by atoms with Crippen LogP contribution in [-0.4, -0.2) is 40.0 Å². The van der Waals surface area contributed by atoms with Gasteiger partial charge in [0.15, 0.2) is 0 Å². The first-order chi connectivity index (χ1) is 12.9. The number of carbonyl (C=O) groups excluding carboxylic acids is 1. The van der Waals surface area contributed by atoms with E-state index in [0.717, 1.165) is 43.7 Å². The van der Waals surface area contributed by atoms with Gasteiger partial charge in [-0.05, 0) is 63.4 Å². The Labute approximate surface area is 160 Å². The van der Waals surface area contributed by atoms with Crippen molar-refractivity contribution in [3.8, 4) is 0 Å². The minimum atomic E-state index is -0.223. The van der Waals surface area contributed by atoms with Crippen molar-refractivity contribution < 1.29 is 9.18 Å². The molecule has 2 aliphatic rings. The third-order valence-electron chi connectivity index (χ3n) is 6.02. The Hall–Kier alpha value is -2.43. The van der Waals surface area contributed by atoms with Gasteiger partial charge in [0.1, 0.15) is 5.82 Å². The van der Waals surface area contributed by atoms with E-state index >= 15 is 0 Å². The van der Waals surface area contributed by atoms with Crippen LogP contribution in [-0.2, 0) is 11.2 Å². The van der Waals surface area contributed by atoms with E-state index in [-0.39, 0.29) is 22.8 Å². The number of nitrogens with zero attached hydrogens (tertiary/aromatic N) is 3. The number of carbonyl (C=O) groups is 1. The van der Waals surface area contributed by atoms with Gasteiger partial charge in [0, 0.05) is 36.2 Å². The third kappa shape index (κ3) is 3.31. The van der Waals surface area contributed by atoms with Crippen molar-refractivity contribution in [2.24, 2.45) is 0 Å². The van der Waals surface area contributed by atoms with Crippen molar-refractivity contribution in [1.29, 1.82) is 0 Å². The van der Waals surface area contributed by atoms with Crippen molar-refractivity contribution in [2.45, 2.75) is 50.6 Å². The fraction of sp³-hybridized carbons (Fsp3) is 0.455. The Balaban J connectivity index is 1.59. The summed E-state index contributed by atoms with van der Waals surface area (Å²) in [5.41, 5.74) is 1.38. The molecule has 3 heterocycles. The lowest BCUT2D eigenvalue weighted by molar-refractivity contribution is -0.134. The van der Waals surface area contributed by atoms with Gasteiger partial charge in [0.2, 0.25) is 5.91 Å². The Morgan fingerprint density at radius 3 is 2.81 bits per heavy atom. The molecule has 27 heavy (non-hydrogen) atoms. The largest absolute Gasteiger partial charge is 0.364 e. The lowest BCUT2D eigenvalue weighted by Crippen LogP contribution is -2.49. The van der Waals surface area contributed by atoms with Crippen LogP contribution in [0.25, 0.3) is 0 Å². The molecule has 0 bridgehead atoms. The Morgan fingerprint density at radius 1 is 1.22 bits per heavy atom. The van der Waals surface area contributed by atoms with Gasteiger partial charge < -0.3 is 9.80 Å². The molecule has 1 aromatic carbocycles. The molecule has 0 radical (unpaired) electrons. The highest BCUT2D eigenvalue weighted by molar-refractivity contribution is 5.80. The van der Waals surface area contributed by atoms with Crippen molar-refractivity contribution in [2.75, 3.05) is 18.0 Å². The van der Waals surface area contributed by atoms with E-state index in [1.54, 1.807) is 18.3 Å². The molecule has 2 aromatic rings. The summed E-state index contributed by atoms with van der Waals surface area (Å²) in [6.45, 7) is 5.91. The number of aromatic nitrogens is 1. The van der Waals surface area contributed by atoms with E-state index in [4.69, 9.17) is 0 Å². The summed E-state index contributed by atoms with van der Waals surface area (Å²) in [6, 6.07) is 12.5. The van der Waals surface area contributed by atoms with Crippen LogP contribution in [0.15, 0.2) is 48.7 Å². The summed E-state index contributed by atoms with van der Waals surface area (Å²) in [6.07, 6.45) is 4.97.